The second-order valence-corrected chi connectivity index (χ2v) is 3.88. The van der Waals surface area contributed by atoms with Gasteiger partial charge in [-0.3, -0.25) is 4.99 Å². The van der Waals surface area contributed by atoms with E-state index in [1.807, 2.05) is 13.8 Å². The zero-order valence-electron chi connectivity index (χ0n) is 12.5. The lowest BCUT2D eigenvalue weighted by atomic mass is 10.3. The molecule has 0 aromatic carbocycles. The molecule has 0 fully saturated rings. The summed E-state index contributed by atoms with van der Waals surface area (Å²) >= 11 is 0. The third kappa shape index (κ3) is 15.9. The van der Waals surface area contributed by atoms with E-state index in [1.165, 1.54) is 0 Å². The predicted octanol–water partition coefficient (Wildman–Crippen LogP) is 2.01. The summed E-state index contributed by atoms with van der Waals surface area (Å²) in [4.78, 5) is 4.16. The smallest absolute Gasteiger partial charge is 0.190 e. The molecule has 6 heteroatoms. The Morgan fingerprint density at radius 2 is 1.42 bits per heavy atom. The van der Waals surface area contributed by atoms with Crippen LogP contribution in [0.2, 0.25) is 0 Å². The van der Waals surface area contributed by atoms with Crippen molar-refractivity contribution in [1.82, 2.24) is 10.6 Å². The van der Waals surface area contributed by atoms with Crippen molar-refractivity contribution in [3.05, 3.63) is 0 Å². The minimum Gasteiger partial charge on any atom is -0.382 e. The first-order valence-electron chi connectivity index (χ1n) is 6.95. The van der Waals surface area contributed by atoms with Crippen LogP contribution in [0, 0.1) is 0 Å². The Morgan fingerprint density at radius 1 is 0.895 bits per heavy atom. The third-order valence-corrected chi connectivity index (χ3v) is 2.40. The van der Waals surface area contributed by atoms with Gasteiger partial charge in [0.2, 0.25) is 0 Å². The van der Waals surface area contributed by atoms with Crippen LogP contribution in [-0.2, 0) is 9.47 Å². The highest BCUT2D eigenvalue weighted by molar-refractivity contribution is 14.0. The molecular weight excluding hydrogens is 357 g/mol. The molecule has 0 atom stereocenters. The summed E-state index contributed by atoms with van der Waals surface area (Å²) in [6.45, 7) is 9.08. The molecule has 116 valence electrons. The number of halogens is 1. The van der Waals surface area contributed by atoms with E-state index in [9.17, 15) is 0 Å². The van der Waals surface area contributed by atoms with E-state index in [0.29, 0.717) is 0 Å². The van der Waals surface area contributed by atoms with Gasteiger partial charge in [0.25, 0.3) is 0 Å². The van der Waals surface area contributed by atoms with Crippen molar-refractivity contribution in [1.29, 1.82) is 0 Å². The molecule has 0 aromatic heterocycles. The van der Waals surface area contributed by atoms with Gasteiger partial charge in [0.1, 0.15) is 0 Å². The minimum absolute atomic E-state index is 0. The summed E-state index contributed by atoms with van der Waals surface area (Å²) in [6, 6.07) is 0. The Bertz CT molecular complexity index is 204. The van der Waals surface area contributed by atoms with Crippen molar-refractivity contribution < 1.29 is 9.47 Å². The van der Waals surface area contributed by atoms with Gasteiger partial charge in [0.15, 0.2) is 5.96 Å². The molecule has 0 aliphatic heterocycles. The van der Waals surface area contributed by atoms with Crippen molar-refractivity contribution in [2.24, 2.45) is 4.99 Å². The van der Waals surface area contributed by atoms with Gasteiger partial charge in [-0.25, -0.2) is 0 Å². The Hall–Kier alpha value is -0.0800. The Labute approximate surface area is 134 Å². The number of nitrogens with one attached hydrogen (secondary N) is 2. The molecule has 0 heterocycles. The maximum absolute atomic E-state index is 5.28. The van der Waals surface area contributed by atoms with E-state index in [2.05, 4.69) is 15.6 Å². The highest BCUT2D eigenvalue weighted by atomic mass is 127. The first-order valence-corrected chi connectivity index (χ1v) is 6.95. The van der Waals surface area contributed by atoms with Gasteiger partial charge in [0.05, 0.1) is 0 Å². The first kappa shape index (κ1) is 21.2. The van der Waals surface area contributed by atoms with Gasteiger partial charge in [-0.15, -0.1) is 24.0 Å². The standard InChI is InChI=1S/C13H29N3O2.HI/c1-4-17-11-7-6-9-15-13(14-3)16-10-8-12-18-5-2;/h4-12H2,1-3H3,(H2,14,15,16);1H. The highest BCUT2D eigenvalue weighted by Gasteiger charge is 1.96. The number of unbranched alkanes of at least 4 members (excludes halogenated alkanes) is 1. The largest absolute Gasteiger partial charge is 0.382 e. The zero-order chi connectivity index (χ0) is 13.5. The molecule has 0 aromatic rings. The summed E-state index contributed by atoms with van der Waals surface area (Å²) in [5.41, 5.74) is 0. The molecular formula is C13H30IN3O2. The lowest BCUT2D eigenvalue weighted by Crippen LogP contribution is -2.38. The van der Waals surface area contributed by atoms with Crippen molar-refractivity contribution >= 4 is 29.9 Å². The molecule has 0 spiro atoms. The average Bonchev–Trinajstić information content (AvgIpc) is 2.40. The fourth-order valence-electron chi connectivity index (χ4n) is 1.43. The summed E-state index contributed by atoms with van der Waals surface area (Å²) in [7, 11) is 1.79. The van der Waals surface area contributed by atoms with E-state index in [4.69, 9.17) is 9.47 Å². The van der Waals surface area contributed by atoms with Crippen molar-refractivity contribution in [3.63, 3.8) is 0 Å². The molecule has 0 bridgehead atoms. The number of hydrogen-bond acceptors (Lipinski definition) is 3. The van der Waals surface area contributed by atoms with Crippen LogP contribution in [0.25, 0.3) is 0 Å². The van der Waals surface area contributed by atoms with E-state index in [-0.39, 0.29) is 24.0 Å². The number of rotatable bonds is 11. The number of hydrogen-bond donors (Lipinski definition) is 2. The quantitative estimate of drug-likeness (QED) is 0.247. The molecule has 2 N–H and O–H groups in total. The normalized spacial score (nSPS) is 11.0. The Morgan fingerprint density at radius 3 is 1.95 bits per heavy atom. The number of ether oxygens (including phenoxy) is 2. The number of guanidine groups is 1. The molecule has 0 rings (SSSR count). The second kappa shape index (κ2) is 17.9. The fraction of sp³-hybridized carbons (Fsp3) is 0.923. The third-order valence-electron chi connectivity index (χ3n) is 2.40. The first-order chi connectivity index (χ1) is 8.85. The SMILES string of the molecule is CCOCCCCNC(=NC)NCCCOCC.I. The van der Waals surface area contributed by atoms with Crippen LogP contribution in [0.3, 0.4) is 0 Å². The van der Waals surface area contributed by atoms with Gasteiger partial charge in [-0.2, -0.15) is 0 Å². The Balaban J connectivity index is 0. The van der Waals surface area contributed by atoms with Crippen LogP contribution in [0.4, 0.5) is 0 Å². The van der Waals surface area contributed by atoms with Gasteiger partial charge < -0.3 is 20.1 Å². The average molecular weight is 387 g/mol. The van der Waals surface area contributed by atoms with Crippen LogP contribution < -0.4 is 10.6 Å². The fourth-order valence-corrected chi connectivity index (χ4v) is 1.43. The monoisotopic (exact) mass is 387 g/mol. The summed E-state index contributed by atoms with van der Waals surface area (Å²) in [5.74, 6) is 0.864. The Kier molecular flexibility index (Phi) is 20.0. The molecule has 0 saturated carbocycles. The van der Waals surface area contributed by atoms with Gasteiger partial charge in [-0.1, -0.05) is 0 Å². The molecule has 0 radical (unpaired) electrons. The second-order valence-electron chi connectivity index (χ2n) is 3.88. The van der Waals surface area contributed by atoms with Crippen LogP contribution in [0.1, 0.15) is 33.1 Å². The minimum atomic E-state index is 0. The molecule has 0 unspecified atom stereocenters. The van der Waals surface area contributed by atoms with Crippen molar-refractivity contribution in [3.8, 4) is 0 Å². The van der Waals surface area contributed by atoms with Crippen molar-refractivity contribution in [2.45, 2.75) is 33.1 Å². The van der Waals surface area contributed by atoms with E-state index in [0.717, 1.165) is 64.7 Å². The van der Waals surface area contributed by atoms with Crippen LogP contribution in [0.5, 0.6) is 0 Å². The summed E-state index contributed by atoms with van der Waals surface area (Å²) in [6.07, 6.45) is 3.18. The maximum Gasteiger partial charge on any atom is 0.190 e. The van der Waals surface area contributed by atoms with Crippen LogP contribution in [0.15, 0.2) is 4.99 Å². The van der Waals surface area contributed by atoms with E-state index in [1.54, 1.807) is 7.05 Å². The number of nitrogens with zero attached hydrogens (tertiary/aromatic N) is 1. The lowest BCUT2D eigenvalue weighted by Gasteiger charge is -2.11. The highest BCUT2D eigenvalue weighted by Crippen LogP contribution is 1.88. The van der Waals surface area contributed by atoms with E-state index >= 15 is 0 Å². The molecule has 5 nitrogen and oxygen atoms in total. The van der Waals surface area contributed by atoms with Crippen LogP contribution in [-0.4, -0.2) is 52.5 Å². The zero-order valence-corrected chi connectivity index (χ0v) is 14.9. The maximum atomic E-state index is 5.28. The molecule has 0 amide bonds. The molecule has 0 aliphatic carbocycles. The van der Waals surface area contributed by atoms with Gasteiger partial charge in [0, 0.05) is 46.6 Å². The van der Waals surface area contributed by atoms with Gasteiger partial charge >= 0.3 is 0 Å². The number of aliphatic imine (C=N–C) groups is 1. The van der Waals surface area contributed by atoms with Crippen molar-refractivity contribution in [2.75, 3.05) is 46.6 Å². The summed E-state index contributed by atoms with van der Waals surface area (Å²) < 4.78 is 10.6. The molecule has 0 saturated heterocycles. The lowest BCUT2D eigenvalue weighted by molar-refractivity contribution is 0.143. The topological polar surface area (TPSA) is 54.9 Å². The summed E-state index contributed by atoms with van der Waals surface area (Å²) in [5, 5.41) is 6.54. The van der Waals surface area contributed by atoms with E-state index < -0.39 is 0 Å². The van der Waals surface area contributed by atoms with Gasteiger partial charge in [-0.05, 0) is 33.1 Å². The van der Waals surface area contributed by atoms with Crippen LogP contribution >= 0.6 is 24.0 Å². The molecule has 0 aliphatic rings. The molecule has 19 heavy (non-hydrogen) atoms. The predicted molar refractivity (Wildman–Crippen MR) is 91.6 cm³/mol.